The lowest BCUT2D eigenvalue weighted by molar-refractivity contribution is 0.122. The first-order valence-electron chi connectivity index (χ1n) is 13.1. The van der Waals surface area contributed by atoms with E-state index >= 15 is 0 Å². The van der Waals surface area contributed by atoms with Gasteiger partial charge < -0.3 is 15.0 Å². The molecular formula is C25H31F2N7O3S. The predicted octanol–water partition coefficient (Wildman–Crippen LogP) is 3.35. The summed E-state index contributed by atoms with van der Waals surface area (Å²) in [5, 5.41) is 3.42. The molecule has 3 fully saturated rings. The molecule has 2 aliphatic heterocycles. The molecule has 3 aromatic rings. The Morgan fingerprint density at radius 1 is 0.974 bits per heavy atom. The molecule has 2 aromatic heterocycles. The number of nitrogens with one attached hydrogen (secondary N) is 1. The molecule has 204 valence electrons. The molecule has 4 heterocycles. The normalized spacial score (nSPS) is 24.3. The first-order chi connectivity index (χ1) is 18.4. The van der Waals surface area contributed by atoms with Crippen molar-refractivity contribution in [1.29, 1.82) is 0 Å². The number of nitrogens with zero attached hydrogens (tertiary/aromatic N) is 6. The molecule has 1 saturated carbocycles. The lowest BCUT2D eigenvalue weighted by Gasteiger charge is -2.34. The van der Waals surface area contributed by atoms with Crippen LogP contribution in [0.4, 0.5) is 20.5 Å². The van der Waals surface area contributed by atoms with Crippen LogP contribution in [0.5, 0.6) is 0 Å². The summed E-state index contributed by atoms with van der Waals surface area (Å²) in [5.74, 6) is 1.19. The Kier molecular flexibility index (Phi) is 6.91. The Morgan fingerprint density at radius 3 is 2.42 bits per heavy atom. The first kappa shape index (κ1) is 25.4. The molecule has 13 heteroatoms. The molecule has 0 radical (unpaired) electrons. The summed E-state index contributed by atoms with van der Waals surface area (Å²) in [6, 6.07) is 8.83. The zero-order valence-corrected chi connectivity index (χ0v) is 21.8. The summed E-state index contributed by atoms with van der Waals surface area (Å²) in [7, 11) is -3.14. The molecule has 2 saturated heterocycles. The second-order valence-corrected chi connectivity index (χ2v) is 12.1. The van der Waals surface area contributed by atoms with Crippen molar-refractivity contribution >= 4 is 32.8 Å². The van der Waals surface area contributed by atoms with Gasteiger partial charge in [0.25, 0.3) is 6.43 Å². The van der Waals surface area contributed by atoms with Gasteiger partial charge in [-0.1, -0.05) is 12.1 Å². The number of fused-ring (bicyclic) bond motifs is 1. The van der Waals surface area contributed by atoms with Crippen LogP contribution in [0.15, 0.2) is 30.3 Å². The number of halogens is 2. The van der Waals surface area contributed by atoms with E-state index in [-0.39, 0.29) is 23.7 Å². The SMILES string of the molecule is O=S1(=O)CCCN1C1CCC(Nc2nc(N3CCOCC3)cc(-n3c(C(F)F)nc4ccccc43)n2)CC1. The minimum absolute atomic E-state index is 0.0302. The zero-order chi connectivity index (χ0) is 26.3. The highest BCUT2D eigenvalue weighted by molar-refractivity contribution is 7.89. The van der Waals surface area contributed by atoms with Crippen molar-refractivity contribution in [2.75, 3.05) is 48.8 Å². The molecule has 0 spiro atoms. The van der Waals surface area contributed by atoms with E-state index in [1.807, 2.05) is 0 Å². The van der Waals surface area contributed by atoms with Crippen molar-refractivity contribution in [2.45, 2.75) is 50.6 Å². The predicted molar refractivity (Wildman–Crippen MR) is 139 cm³/mol. The van der Waals surface area contributed by atoms with Gasteiger partial charge in [0.1, 0.15) is 11.6 Å². The van der Waals surface area contributed by atoms with Gasteiger partial charge in [-0.25, -0.2) is 22.2 Å². The summed E-state index contributed by atoms with van der Waals surface area (Å²) in [6.07, 6.45) is 0.969. The molecule has 6 rings (SSSR count). The zero-order valence-electron chi connectivity index (χ0n) is 21.0. The lowest BCUT2D eigenvalue weighted by atomic mass is 9.91. The topological polar surface area (TPSA) is 105 Å². The lowest BCUT2D eigenvalue weighted by Crippen LogP contribution is -2.41. The van der Waals surface area contributed by atoms with Crippen LogP contribution in [0.3, 0.4) is 0 Å². The molecule has 10 nitrogen and oxygen atoms in total. The Balaban J connectivity index is 1.30. The fourth-order valence-corrected chi connectivity index (χ4v) is 7.55. The average molecular weight is 548 g/mol. The third-order valence-corrected chi connectivity index (χ3v) is 9.62. The quantitative estimate of drug-likeness (QED) is 0.501. The molecule has 0 atom stereocenters. The number of sulfonamides is 1. The van der Waals surface area contributed by atoms with Gasteiger partial charge in [-0.3, -0.25) is 4.57 Å². The van der Waals surface area contributed by atoms with Crippen LogP contribution >= 0.6 is 0 Å². The maximum absolute atomic E-state index is 14.1. The number of benzene rings is 1. The minimum atomic E-state index is -3.14. The number of morpholine rings is 1. The summed E-state index contributed by atoms with van der Waals surface area (Å²) < 4.78 is 61.4. The van der Waals surface area contributed by atoms with Gasteiger partial charge >= 0.3 is 0 Å². The van der Waals surface area contributed by atoms with E-state index in [0.29, 0.717) is 67.9 Å². The average Bonchev–Trinajstić information content (AvgIpc) is 3.49. The third-order valence-electron chi connectivity index (χ3n) is 7.62. The standard InChI is InChI=1S/C25H31F2N7O3S/c26-23(27)24-29-19-4-1-2-5-20(19)34(24)22-16-21(32-11-13-37-14-12-32)30-25(31-22)28-17-6-8-18(9-7-17)33-10-3-15-38(33,35)36/h1-2,4-5,16-18,23H,3,6-15H2,(H,28,30,31). The van der Waals surface area contributed by atoms with Crippen molar-refractivity contribution in [3.05, 3.63) is 36.2 Å². The van der Waals surface area contributed by atoms with Crippen LogP contribution in [0.2, 0.25) is 0 Å². The van der Waals surface area contributed by atoms with E-state index in [1.54, 1.807) is 34.6 Å². The molecule has 1 N–H and O–H groups in total. The van der Waals surface area contributed by atoms with Gasteiger partial charge in [-0.2, -0.15) is 14.3 Å². The van der Waals surface area contributed by atoms with Crippen molar-refractivity contribution in [3.8, 4) is 5.82 Å². The summed E-state index contributed by atoms with van der Waals surface area (Å²) in [5.41, 5.74) is 1.02. The molecule has 0 bridgehead atoms. The highest BCUT2D eigenvalue weighted by atomic mass is 32.2. The van der Waals surface area contributed by atoms with Crippen LogP contribution in [0.1, 0.15) is 44.4 Å². The maximum Gasteiger partial charge on any atom is 0.296 e. The summed E-state index contributed by atoms with van der Waals surface area (Å²) >= 11 is 0. The summed E-state index contributed by atoms with van der Waals surface area (Å²) in [6.45, 7) is 2.99. The fourth-order valence-electron chi connectivity index (χ4n) is 5.75. The van der Waals surface area contributed by atoms with E-state index in [2.05, 4.69) is 20.2 Å². The van der Waals surface area contributed by atoms with Crippen molar-refractivity contribution in [2.24, 2.45) is 0 Å². The second-order valence-electron chi connectivity index (χ2n) is 10.0. The van der Waals surface area contributed by atoms with Gasteiger partial charge in [-0.05, 0) is 44.2 Å². The van der Waals surface area contributed by atoms with E-state index in [4.69, 9.17) is 9.72 Å². The van der Waals surface area contributed by atoms with Crippen LogP contribution in [-0.4, -0.2) is 82.9 Å². The summed E-state index contributed by atoms with van der Waals surface area (Å²) in [4.78, 5) is 15.7. The molecule has 38 heavy (non-hydrogen) atoms. The second kappa shape index (κ2) is 10.3. The van der Waals surface area contributed by atoms with Crippen LogP contribution in [0, 0.1) is 0 Å². The molecule has 0 unspecified atom stereocenters. The van der Waals surface area contributed by atoms with E-state index in [0.717, 1.165) is 25.7 Å². The van der Waals surface area contributed by atoms with E-state index in [9.17, 15) is 17.2 Å². The highest BCUT2D eigenvalue weighted by Gasteiger charge is 2.36. The Labute approximate surface area is 220 Å². The van der Waals surface area contributed by atoms with Crippen molar-refractivity contribution in [3.63, 3.8) is 0 Å². The number of anilines is 2. The smallest absolute Gasteiger partial charge is 0.296 e. The molecule has 1 aromatic carbocycles. The van der Waals surface area contributed by atoms with Crippen LogP contribution in [-0.2, 0) is 14.8 Å². The Bertz CT molecular complexity index is 1400. The maximum atomic E-state index is 14.1. The molecule has 3 aliphatic rings. The van der Waals surface area contributed by atoms with Crippen molar-refractivity contribution < 1.29 is 21.9 Å². The monoisotopic (exact) mass is 547 g/mol. The highest BCUT2D eigenvalue weighted by Crippen LogP contribution is 2.32. The molecule has 1 aliphatic carbocycles. The number of aromatic nitrogens is 4. The van der Waals surface area contributed by atoms with Gasteiger partial charge in [-0.15, -0.1) is 0 Å². The van der Waals surface area contributed by atoms with Crippen molar-refractivity contribution in [1.82, 2.24) is 23.8 Å². The molecule has 0 amide bonds. The van der Waals surface area contributed by atoms with Gasteiger partial charge in [0.15, 0.2) is 5.82 Å². The largest absolute Gasteiger partial charge is 0.378 e. The number of imidazole rings is 1. The fraction of sp³-hybridized carbons (Fsp3) is 0.560. The minimum Gasteiger partial charge on any atom is -0.378 e. The Morgan fingerprint density at radius 2 is 1.71 bits per heavy atom. The number of rotatable bonds is 6. The number of alkyl halides is 2. The third kappa shape index (κ3) is 4.94. The number of hydrogen-bond acceptors (Lipinski definition) is 8. The first-order valence-corrected chi connectivity index (χ1v) is 14.7. The number of ether oxygens (including phenoxy) is 1. The number of hydrogen-bond donors (Lipinski definition) is 1. The van der Waals surface area contributed by atoms with Crippen LogP contribution in [0.25, 0.3) is 16.9 Å². The van der Waals surface area contributed by atoms with E-state index in [1.165, 1.54) is 4.57 Å². The Hall–Kier alpha value is -2.90. The van der Waals surface area contributed by atoms with Crippen LogP contribution < -0.4 is 10.2 Å². The van der Waals surface area contributed by atoms with Gasteiger partial charge in [0.05, 0.1) is 30.0 Å². The van der Waals surface area contributed by atoms with Gasteiger partial charge in [0.2, 0.25) is 16.0 Å². The van der Waals surface area contributed by atoms with Gasteiger partial charge in [0, 0.05) is 37.8 Å². The molecular weight excluding hydrogens is 516 g/mol. The van der Waals surface area contributed by atoms with E-state index < -0.39 is 16.4 Å². The number of para-hydroxylation sites is 2.